The molecule has 3 heteroatoms. The summed E-state index contributed by atoms with van der Waals surface area (Å²) >= 11 is 5.67. The van der Waals surface area contributed by atoms with Gasteiger partial charge in [0.05, 0.1) is 5.41 Å². The highest BCUT2D eigenvalue weighted by Gasteiger charge is 2.48. The van der Waals surface area contributed by atoms with Crippen LogP contribution in [-0.4, -0.2) is 10.8 Å². The standard InChI is InChI=1S/C10H10ClNO/c1-7(13)10(4-5-10)8-2-3-9(11)12-6-8/h2-3,6H,4-5H2,1H3. The largest absolute Gasteiger partial charge is 0.299 e. The Hall–Kier alpha value is -0.890. The zero-order valence-corrected chi connectivity index (χ0v) is 8.14. The maximum atomic E-state index is 11.4. The second-order valence-electron chi connectivity index (χ2n) is 3.51. The normalized spacial score (nSPS) is 18.3. The third kappa shape index (κ3) is 1.35. The molecule has 0 spiro atoms. The van der Waals surface area contributed by atoms with Crippen molar-refractivity contribution in [1.82, 2.24) is 4.98 Å². The summed E-state index contributed by atoms with van der Waals surface area (Å²) in [6.45, 7) is 1.64. The summed E-state index contributed by atoms with van der Waals surface area (Å²) in [7, 11) is 0. The van der Waals surface area contributed by atoms with Gasteiger partial charge in [0.2, 0.25) is 0 Å². The molecule has 0 aromatic carbocycles. The molecule has 0 unspecified atom stereocenters. The van der Waals surface area contributed by atoms with Gasteiger partial charge in [-0.05, 0) is 31.4 Å². The van der Waals surface area contributed by atoms with E-state index in [-0.39, 0.29) is 11.2 Å². The Kier molecular flexibility index (Phi) is 1.88. The van der Waals surface area contributed by atoms with Gasteiger partial charge in [0, 0.05) is 6.20 Å². The fraction of sp³-hybridized carbons (Fsp3) is 0.400. The summed E-state index contributed by atoms with van der Waals surface area (Å²) in [6.07, 6.45) is 3.61. The van der Waals surface area contributed by atoms with Gasteiger partial charge in [0.1, 0.15) is 10.9 Å². The molecule has 0 bridgehead atoms. The van der Waals surface area contributed by atoms with Gasteiger partial charge in [-0.25, -0.2) is 4.98 Å². The number of Topliss-reactive ketones (excluding diaryl/α,β-unsaturated/α-hetero) is 1. The van der Waals surface area contributed by atoms with E-state index in [1.54, 1.807) is 19.2 Å². The molecule has 0 atom stereocenters. The Labute approximate surface area is 81.9 Å². The van der Waals surface area contributed by atoms with Gasteiger partial charge < -0.3 is 0 Å². The molecule has 1 aromatic heterocycles. The summed E-state index contributed by atoms with van der Waals surface area (Å²) in [5.41, 5.74) is 0.779. The lowest BCUT2D eigenvalue weighted by atomic mass is 9.94. The third-order valence-corrected chi connectivity index (χ3v) is 2.93. The molecule has 0 amide bonds. The summed E-state index contributed by atoms with van der Waals surface area (Å²) in [6, 6.07) is 3.63. The van der Waals surface area contributed by atoms with Crippen molar-refractivity contribution in [3.05, 3.63) is 29.0 Å². The second kappa shape index (κ2) is 2.81. The fourth-order valence-corrected chi connectivity index (χ4v) is 1.74. The number of hydrogen-bond acceptors (Lipinski definition) is 2. The molecule has 0 radical (unpaired) electrons. The van der Waals surface area contributed by atoms with Gasteiger partial charge >= 0.3 is 0 Å². The highest BCUT2D eigenvalue weighted by atomic mass is 35.5. The molecule has 0 saturated heterocycles. The summed E-state index contributed by atoms with van der Waals surface area (Å²) < 4.78 is 0. The van der Waals surface area contributed by atoms with E-state index >= 15 is 0 Å². The van der Waals surface area contributed by atoms with Crippen LogP contribution in [0.5, 0.6) is 0 Å². The van der Waals surface area contributed by atoms with Crippen LogP contribution in [0.4, 0.5) is 0 Å². The van der Waals surface area contributed by atoms with E-state index in [9.17, 15) is 4.79 Å². The third-order valence-electron chi connectivity index (χ3n) is 2.70. The Bertz CT molecular complexity index is 340. The summed E-state index contributed by atoms with van der Waals surface area (Å²) in [5, 5.41) is 0.475. The van der Waals surface area contributed by atoms with E-state index in [1.807, 2.05) is 6.07 Å². The van der Waals surface area contributed by atoms with Crippen LogP contribution in [0, 0.1) is 0 Å². The number of ketones is 1. The first kappa shape index (κ1) is 8.70. The monoisotopic (exact) mass is 195 g/mol. The van der Waals surface area contributed by atoms with Crippen LogP contribution in [-0.2, 0) is 10.2 Å². The molecule has 1 aliphatic carbocycles. The van der Waals surface area contributed by atoms with Crippen LogP contribution >= 0.6 is 11.6 Å². The highest BCUT2D eigenvalue weighted by molar-refractivity contribution is 6.29. The predicted octanol–water partition coefficient (Wildman–Crippen LogP) is 2.36. The van der Waals surface area contributed by atoms with Crippen molar-refractivity contribution in [2.24, 2.45) is 0 Å². The summed E-state index contributed by atoms with van der Waals surface area (Å²) in [4.78, 5) is 15.3. The van der Waals surface area contributed by atoms with Crippen molar-refractivity contribution in [2.45, 2.75) is 25.2 Å². The Morgan fingerprint density at radius 1 is 1.54 bits per heavy atom. The molecule has 0 N–H and O–H groups in total. The van der Waals surface area contributed by atoms with Crippen molar-refractivity contribution in [3.63, 3.8) is 0 Å². The van der Waals surface area contributed by atoms with Crippen LogP contribution in [0.25, 0.3) is 0 Å². The van der Waals surface area contributed by atoms with E-state index in [2.05, 4.69) is 4.98 Å². The van der Waals surface area contributed by atoms with Crippen LogP contribution in [0.1, 0.15) is 25.3 Å². The van der Waals surface area contributed by atoms with E-state index in [0.29, 0.717) is 5.15 Å². The molecule has 0 aliphatic heterocycles. The first-order chi connectivity index (χ1) is 6.15. The van der Waals surface area contributed by atoms with Crippen LogP contribution in [0.2, 0.25) is 5.15 Å². The van der Waals surface area contributed by atoms with Crippen molar-refractivity contribution >= 4 is 17.4 Å². The smallest absolute Gasteiger partial charge is 0.140 e. The van der Waals surface area contributed by atoms with Gasteiger partial charge in [0.25, 0.3) is 0 Å². The molecule has 2 rings (SSSR count). The molecular formula is C10H10ClNO. The number of hydrogen-bond donors (Lipinski definition) is 0. The number of nitrogens with zero attached hydrogens (tertiary/aromatic N) is 1. The first-order valence-corrected chi connectivity index (χ1v) is 4.66. The number of carbonyl (C=O) groups excluding carboxylic acids is 1. The first-order valence-electron chi connectivity index (χ1n) is 4.28. The van der Waals surface area contributed by atoms with Gasteiger partial charge in [0.15, 0.2) is 0 Å². The van der Waals surface area contributed by atoms with E-state index < -0.39 is 0 Å². The van der Waals surface area contributed by atoms with Crippen molar-refractivity contribution < 1.29 is 4.79 Å². The average molecular weight is 196 g/mol. The molecule has 1 heterocycles. The molecule has 68 valence electrons. The minimum Gasteiger partial charge on any atom is -0.299 e. The average Bonchev–Trinajstić information content (AvgIpc) is 2.86. The fourth-order valence-electron chi connectivity index (χ4n) is 1.63. The second-order valence-corrected chi connectivity index (χ2v) is 3.90. The van der Waals surface area contributed by atoms with Gasteiger partial charge in [-0.3, -0.25) is 4.79 Å². The molecular weight excluding hydrogens is 186 g/mol. The van der Waals surface area contributed by atoms with E-state index in [1.165, 1.54) is 0 Å². The predicted molar refractivity (Wildman–Crippen MR) is 50.8 cm³/mol. The molecule has 2 nitrogen and oxygen atoms in total. The van der Waals surface area contributed by atoms with Crippen molar-refractivity contribution in [1.29, 1.82) is 0 Å². The van der Waals surface area contributed by atoms with Crippen LogP contribution in [0.3, 0.4) is 0 Å². The molecule has 1 fully saturated rings. The molecule has 1 aromatic rings. The van der Waals surface area contributed by atoms with Crippen LogP contribution in [0.15, 0.2) is 18.3 Å². The van der Waals surface area contributed by atoms with Crippen LogP contribution < -0.4 is 0 Å². The Morgan fingerprint density at radius 2 is 2.23 bits per heavy atom. The molecule has 1 aliphatic rings. The topological polar surface area (TPSA) is 30.0 Å². The lowest BCUT2D eigenvalue weighted by molar-refractivity contribution is -0.119. The minimum absolute atomic E-state index is 0.225. The Balaban J connectivity index is 2.36. The number of carbonyl (C=O) groups is 1. The van der Waals surface area contributed by atoms with E-state index in [4.69, 9.17) is 11.6 Å². The van der Waals surface area contributed by atoms with Crippen molar-refractivity contribution in [2.75, 3.05) is 0 Å². The SMILES string of the molecule is CC(=O)C1(c2ccc(Cl)nc2)CC1. The number of halogens is 1. The maximum Gasteiger partial charge on any atom is 0.140 e. The number of pyridine rings is 1. The molecule has 13 heavy (non-hydrogen) atoms. The van der Waals surface area contributed by atoms with Gasteiger partial charge in [-0.15, -0.1) is 0 Å². The number of rotatable bonds is 2. The zero-order valence-electron chi connectivity index (χ0n) is 7.38. The van der Waals surface area contributed by atoms with Gasteiger partial charge in [-0.1, -0.05) is 17.7 Å². The lowest BCUT2D eigenvalue weighted by Crippen LogP contribution is -2.16. The number of aromatic nitrogens is 1. The van der Waals surface area contributed by atoms with Gasteiger partial charge in [-0.2, -0.15) is 0 Å². The lowest BCUT2D eigenvalue weighted by Gasteiger charge is -2.10. The van der Waals surface area contributed by atoms with E-state index in [0.717, 1.165) is 18.4 Å². The quantitative estimate of drug-likeness (QED) is 0.679. The van der Waals surface area contributed by atoms with Crippen molar-refractivity contribution in [3.8, 4) is 0 Å². The summed E-state index contributed by atoms with van der Waals surface area (Å²) in [5.74, 6) is 0.233. The Morgan fingerprint density at radius 3 is 2.62 bits per heavy atom. The molecule has 1 saturated carbocycles. The minimum atomic E-state index is -0.225. The maximum absolute atomic E-state index is 11.4. The zero-order chi connectivity index (χ0) is 9.47. The highest BCUT2D eigenvalue weighted by Crippen LogP contribution is 2.48.